The molecule has 10 heavy (non-hydrogen) atoms. The summed E-state index contributed by atoms with van der Waals surface area (Å²) in [5.74, 6) is -0.739. The SMILES string of the molecule is CC1=C(F)C=C(F)CC1C. The molecule has 2 heteroatoms. The van der Waals surface area contributed by atoms with Crippen LogP contribution in [0.25, 0.3) is 0 Å². The predicted octanol–water partition coefficient (Wildman–Crippen LogP) is 3.12. The van der Waals surface area contributed by atoms with Crippen LogP contribution in [0.3, 0.4) is 0 Å². The van der Waals surface area contributed by atoms with Crippen molar-refractivity contribution in [2.24, 2.45) is 5.92 Å². The van der Waals surface area contributed by atoms with Crippen LogP contribution in [0, 0.1) is 5.92 Å². The van der Waals surface area contributed by atoms with Crippen LogP contribution in [0.4, 0.5) is 8.78 Å². The molecule has 0 aliphatic heterocycles. The molecule has 0 N–H and O–H groups in total. The lowest BCUT2D eigenvalue weighted by molar-refractivity contribution is 0.489. The van der Waals surface area contributed by atoms with E-state index < -0.39 is 5.83 Å². The Bertz CT molecular complexity index is 201. The third-order valence-electron chi connectivity index (χ3n) is 1.90. The molecule has 0 saturated carbocycles. The van der Waals surface area contributed by atoms with Gasteiger partial charge in [0.25, 0.3) is 0 Å². The Hall–Kier alpha value is -0.660. The first-order valence-corrected chi connectivity index (χ1v) is 3.33. The van der Waals surface area contributed by atoms with Crippen molar-refractivity contribution in [3.05, 3.63) is 23.3 Å². The predicted molar refractivity (Wildman–Crippen MR) is 36.8 cm³/mol. The zero-order chi connectivity index (χ0) is 7.72. The van der Waals surface area contributed by atoms with Gasteiger partial charge in [-0.25, -0.2) is 8.78 Å². The van der Waals surface area contributed by atoms with Gasteiger partial charge in [-0.2, -0.15) is 0 Å². The summed E-state index contributed by atoms with van der Waals surface area (Å²) in [7, 11) is 0. The van der Waals surface area contributed by atoms with Gasteiger partial charge in [-0.3, -0.25) is 0 Å². The van der Waals surface area contributed by atoms with Crippen LogP contribution in [0.5, 0.6) is 0 Å². The Morgan fingerprint density at radius 1 is 1.50 bits per heavy atom. The van der Waals surface area contributed by atoms with Crippen molar-refractivity contribution in [3.8, 4) is 0 Å². The highest BCUT2D eigenvalue weighted by Gasteiger charge is 2.16. The minimum Gasteiger partial charge on any atom is -0.212 e. The average Bonchev–Trinajstić information content (AvgIpc) is 1.82. The van der Waals surface area contributed by atoms with Gasteiger partial charge in [-0.15, -0.1) is 0 Å². The number of halogens is 2. The fourth-order valence-corrected chi connectivity index (χ4v) is 0.991. The Labute approximate surface area is 59.2 Å². The molecule has 0 spiro atoms. The summed E-state index contributed by atoms with van der Waals surface area (Å²) in [6, 6.07) is 0. The highest BCUT2D eigenvalue weighted by Crippen LogP contribution is 2.29. The maximum absolute atomic E-state index is 12.6. The topological polar surface area (TPSA) is 0 Å². The first-order chi connectivity index (χ1) is 4.61. The molecular weight excluding hydrogens is 134 g/mol. The van der Waals surface area contributed by atoms with Crippen LogP contribution >= 0.6 is 0 Å². The van der Waals surface area contributed by atoms with Crippen molar-refractivity contribution in [2.45, 2.75) is 20.3 Å². The van der Waals surface area contributed by atoms with Gasteiger partial charge in [0, 0.05) is 12.5 Å². The highest BCUT2D eigenvalue weighted by molar-refractivity contribution is 5.26. The molecule has 1 unspecified atom stereocenters. The second-order valence-electron chi connectivity index (χ2n) is 2.73. The average molecular weight is 144 g/mol. The molecule has 0 amide bonds. The number of allylic oxidation sites excluding steroid dienone is 4. The van der Waals surface area contributed by atoms with Crippen molar-refractivity contribution < 1.29 is 8.78 Å². The molecule has 56 valence electrons. The molecule has 1 aliphatic rings. The molecule has 1 rings (SSSR count). The summed E-state index contributed by atoms with van der Waals surface area (Å²) >= 11 is 0. The van der Waals surface area contributed by atoms with Gasteiger partial charge in [0.1, 0.15) is 11.7 Å². The van der Waals surface area contributed by atoms with Crippen LogP contribution in [-0.4, -0.2) is 0 Å². The third kappa shape index (κ3) is 1.25. The number of hydrogen-bond acceptors (Lipinski definition) is 0. The van der Waals surface area contributed by atoms with Crippen LogP contribution in [0.1, 0.15) is 20.3 Å². The maximum atomic E-state index is 12.6. The van der Waals surface area contributed by atoms with E-state index in [1.807, 2.05) is 6.92 Å². The van der Waals surface area contributed by atoms with Crippen LogP contribution in [-0.2, 0) is 0 Å². The van der Waals surface area contributed by atoms with Gasteiger partial charge in [0.2, 0.25) is 0 Å². The van der Waals surface area contributed by atoms with Crippen molar-refractivity contribution in [1.29, 1.82) is 0 Å². The van der Waals surface area contributed by atoms with Crippen molar-refractivity contribution in [1.82, 2.24) is 0 Å². The maximum Gasteiger partial charge on any atom is 0.124 e. The monoisotopic (exact) mass is 144 g/mol. The van der Waals surface area contributed by atoms with Gasteiger partial charge >= 0.3 is 0 Å². The summed E-state index contributed by atoms with van der Waals surface area (Å²) in [5.41, 5.74) is 0.654. The number of rotatable bonds is 0. The normalized spacial score (nSPS) is 26.8. The lowest BCUT2D eigenvalue weighted by Crippen LogP contribution is -2.02. The second-order valence-corrected chi connectivity index (χ2v) is 2.73. The van der Waals surface area contributed by atoms with Gasteiger partial charge < -0.3 is 0 Å². The van der Waals surface area contributed by atoms with E-state index >= 15 is 0 Å². The fraction of sp³-hybridized carbons (Fsp3) is 0.500. The summed E-state index contributed by atoms with van der Waals surface area (Å²) in [5, 5.41) is 0. The molecule has 0 bridgehead atoms. The standard InChI is InChI=1S/C8H10F2/c1-5-3-7(9)4-8(10)6(5)2/h4-5H,3H2,1-2H3. The fourth-order valence-electron chi connectivity index (χ4n) is 0.991. The lowest BCUT2D eigenvalue weighted by atomic mass is 9.93. The molecule has 0 saturated heterocycles. The van der Waals surface area contributed by atoms with E-state index in [1.54, 1.807) is 6.92 Å². The summed E-state index contributed by atoms with van der Waals surface area (Å²) in [6.45, 7) is 3.52. The second kappa shape index (κ2) is 2.52. The molecule has 0 aromatic carbocycles. The molecule has 1 aliphatic carbocycles. The molecule has 0 heterocycles. The van der Waals surface area contributed by atoms with Gasteiger partial charge in [-0.1, -0.05) is 6.92 Å². The van der Waals surface area contributed by atoms with E-state index in [4.69, 9.17) is 0 Å². The molecule has 0 aromatic rings. The summed E-state index contributed by atoms with van der Waals surface area (Å²) < 4.78 is 25.1. The molecule has 0 aromatic heterocycles. The van der Waals surface area contributed by atoms with Crippen LogP contribution < -0.4 is 0 Å². The zero-order valence-corrected chi connectivity index (χ0v) is 6.12. The van der Waals surface area contributed by atoms with Gasteiger partial charge in [0.05, 0.1) is 0 Å². The van der Waals surface area contributed by atoms with E-state index in [0.717, 1.165) is 6.08 Å². The van der Waals surface area contributed by atoms with Crippen molar-refractivity contribution in [2.75, 3.05) is 0 Å². The smallest absolute Gasteiger partial charge is 0.124 e. The van der Waals surface area contributed by atoms with E-state index in [2.05, 4.69) is 0 Å². The van der Waals surface area contributed by atoms with Crippen molar-refractivity contribution in [3.63, 3.8) is 0 Å². The third-order valence-corrected chi connectivity index (χ3v) is 1.90. The Morgan fingerprint density at radius 2 is 2.10 bits per heavy atom. The largest absolute Gasteiger partial charge is 0.212 e. The number of hydrogen-bond donors (Lipinski definition) is 0. The lowest BCUT2D eigenvalue weighted by Gasteiger charge is -2.15. The first kappa shape index (κ1) is 7.45. The molecule has 0 radical (unpaired) electrons. The Kier molecular flexibility index (Phi) is 1.88. The molecular formula is C8H10F2. The van der Waals surface area contributed by atoms with E-state index in [9.17, 15) is 8.78 Å². The Balaban J connectivity index is 2.92. The molecule has 1 atom stereocenters. The van der Waals surface area contributed by atoms with E-state index in [-0.39, 0.29) is 11.7 Å². The first-order valence-electron chi connectivity index (χ1n) is 3.33. The minimum absolute atomic E-state index is 0.0185. The van der Waals surface area contributed by atoms with E-state index in [1.165, 1.54) is 0 Å². The quantitative estimate of drug-likeness (QED) is 0.490. The van der Waals surface area contributed by atoms with Crippen molar-refractivity contribution >= 4 is 0 Å². The van der Waals surface area contributed by atoms with Crippen LogP contribution in [0.2, 0.25) is 0 Å². The molecule has 0 fully saturated rings. The minimum atomic E-state index is -0.406. The zero-order valence-electron chi connectivity index (χ0n) is 6.12. The van der Waals surface area contributed by atoms with E-state index in [0.29, 0.717) is 12.0 Å². The summed E-state index contributed by atoms with van der Waals surface area (Å²) in [4.78, 5) is 0. The summed E-state index contributed by atoms with van der Waals surface area (Å²) in [6.07, 6.45) is 1.31. The van der Waals surface area contributed by atoms with Gasteiger partial charge in [0.15, 0.2) is 0 Å². The Morgan fingerprint density at radius 3 is 2.60 bits per heavy atom. The highest BCUT2D eigenvalue weighted by atomic mass is 19.1. The molecule has 0 nitrogen and oxygen atoms in total. The van der Waals surface area contributed by atoms with Gasteiger partial charge in [-0.05, 0) is 18.4 Å². The van der Waals surface area contributed by atoms with Crippen LogP contribution in [0.15, 0.2) is 23.3 Å².